The van der Waals surface area contributed by atoms with Crippen molar-refractivity contribution in [1.82, 2.24) is 10.3 Å². The molecule has 0 atom stereocenters. The Kier molecular flexibility index (Phi) is 2.82. The molecule has 1 fully saturated rings. The Morgan fingerprint density at radius 1 is 1.53 bits per heavy atom. The molecule has 1 saturated heterocycles. The van der Waals surface area contributed by atoms with E-state index in [0.717, 1.165) is 32.0 Å². The number of primary amides is 1. The number of anilines is 1. The molecular weight excluding hydrogens is 192 g/mol. The lowest BCUT2D eigenvalue weighted by Crippen LogP contribution is -2.44. The summed E-state index contributed by atoms with van der Waals surface area (Å²) in [6, 6.07) is 6.25. The van der Waals surface area contributed by atoms with Gasteiger partial charge < -0.3 is 16.0 Å². The first-order valence-electron chi connectivity index (χ1n) is 4.91. The minimum Gasteiger partial charge on any atom is -0.364 e. The molecule has 0 bridgehead atoms. The summed E-state index contributed by atoms with van der Waals surface area (Å²) >= 11 is 0. The van der Waals surface area contributed by atoms with Crippen molar-refractivity contribution in [3.63, 3.8) is 0 Å². The van der Waals surface area contributed by atoms with E-state index in [2.05, 4.69) is 21.3 Å². The van der Waals surface area contributed by atoms with E-state index < -0.39 is 5.91 Å². The average Bonchev–Trinajstić information content (AvgIpc) is 2.30. The maximum Gasteiger partial charge on any atom is 0.268 e. The molecule has 5 nitrogen and oxygen atoms in total. The highest BCUT2D eigenvalue weighted by molar-refractivity contribution is 5.90. The van der Waals surface area contributed by atoms with Gasteiger partial charge in [0.1, 0.15) is 11.5 Å². The van der Waals surface area contributed by atoms with Gasteiger partial charge in [-0.3, -0.25) is 4.79 Å². The number of amides is 1. The summed E-state index contributed by atoms with van der Waals surface area (Å²) in [5.74, 6) is 0.260. The second kappa shape index (κ2) is 4.27. The molecule has 0 aromatic carbocycles. The van der Waals surface area contributed by atoms with Crippen LogP contribution in [0.1, 0.15) is 10.5 Å². The van der Waals surface area contributed by atoms with Gasteiger partial charge in [0.25, 0.3) is 5.91 Å². The maximum absolute atomic E-state index is 10.9. The van der Waals surface area contributed by atoms with Crippen LogP contribution in [0.5, 0.6) is 0 Å². The van der Waals surface area contributed by atoms with E-state index in [-0.39, 0.29) is 5.69 Å². The van der Waals surface area contributed by atoms with Crippen LogP contribution in [0.15, 0.2) is 12.1 Å². The lowest BCUT2D eigenvalue weighted by atomic mass is 10.3. The summed E-state index contributed by atoms with van der Waals surface area (Å²) in [6.45, 7) is 3.67. The van der Waals surface area contributed by atoms with Crippen LogP contribution in [0.3, 0.4) is 0 Å². The Hall–Kier alpha value is -1.62. The Morgan fingerprint density at radius 2 is 2.27 bits per heavy atom. The molecule has 79 valence electrons. The van der Waals surface area contributed by atoms with Gasteiger partial charge >= 0.3 is 0 Å². The molecule has 1 aromatic heterocycles. The quantitative estimate of drug-likeness (QED) is 0.675. The fraction of sp³-hybridized carbons (Fsp3) is 0.400. The number of pyridine rings is 1. The number of hydrogen-bond donors (Lipinski definition) is 2. The molecule has 0 saturated carbocycles. The SMILES string of the molecule is NC(=O)c1[c]ccc(N2CCNCC2)n1. The van der Waals surface area contributed by atoms with E-state index in [1.54, 1.807) is 6.07 Å². The van der Waals surface area contributed by atoms with Gasteiger partial charge in [0.2, 0.25) is 0 Å². The number of carbonyl (C=O) groups excluding carboxylic acids is 1. The standard InChI is InChI=1S/C10H13N4O/c11-10(15)8-2-1-3-9(13-8)14-6-4-12-5-7-14/h1,3,12H,4-7H2,(H2,11,15). The van der Waals surface area contributed by atoms with Crippen LogP contribution in [0.4, 0.5) is 5.82 Å². The largest absolute Gasteiger partial charge is 0.364 e. The number of nitrogens with zero attached hydrogens (tertiary/aromatic N) is 2. The summed E-state index contributed by atoms with van der Waals surface area (Å²) in [5, 5.41) is 3.25. The summed E-state index contributed by atoms with van der Waals surface area (Å²) in [6.07, 6.45) is 0. The van der Waals surface area contributed by atoms with E-state index in [0.29, 0.717) is 0 Å². The molecule has 1 radical (unpaired) electrons. The van der Waals surface area contributed by atoms with Crippen molar-refractivity contribution in [2.45, 2.75) is 0 Å². The van der Waals surface area contributed by atoms with Crippen LogP contribution < -0.4 is 16.0 Å². The number of nitrogens with one attached hydrogen (secondary N) is 1. The minimum absolute atomic E-state index is 0.200. The maximum atomic E-state index is 10.9. The summed E-state index contributed by atoms with van der Waals surface area (Å²) < 4.78 is 0. The lowest BCUT2D eigenvalue weighted by Gasteiger charge is -2.28. The van der Waals surface area contributed by atoms with Crippen molar-refractivity contribution in [2.75, 3.05) is 31.1 Å². The zero-order valence-corrected chi connectivity index (χ0v) is 8.36. The van der Waals surface area contributed by atoms with E-state index in [1.807, 2.05) is 6.07 Å². The minimum atomic E-state index is -0.535. The number of rotatable bonds is 2. The molecule has 0 unspecified atom stereocenters. The summed E-state index contributed by atoms with van der Waals surface area (Å²) in [5.41, 5.74) is 5.35. The third-order valence-corrected chi connectivity index (χ3v) is 2.35. The first-order chi connectivity index (χ1) is 7.27. The van der Waals surface area contributed by atoms with Crippen molar-refractivity contribution < 1.29 is 4.79 Å². The van der Waals surface area contributed by atoms with Gasteiger partial charge in [0.15, 0.2) is 0 Å². The lowest BCUT2D eigenvalue weighted by molar-refractivity contribution is 0.0995. The Bertz CT molecular complexity index is 360. The first kappa shape index (κ1) is 9.92. The van der Waals surface area contributed by atoms with Gasteiger partial charge in [-0.15, -0.1) is 0 Å². The molecule has 2 rings (SSSR count). The van der Waals surface area contributed by atoms with Crippen LogP contribution in [-0.4, -0.2) is 37.1 Å². The zero-order chi connectivity index (χ0) is 10.7. The Labute approximate surface area is 88.3 Å². The highest BCUT2D eigenvalue weighted by Gasteiger charge is 2.12. The van der Waals surface area contributed by atoms with E-state index in [4.69, 9.17) is 5.73 Å². The second-order valence-corrected chi connectivity index (χ2v) is 3.40. The molecule has 1 aliphatic rings. The van der Waals surface area contributed by atoms with Crippen molar-refractivity contribution in [3.05, 3.63) is 23.9 Å². The number of carbonyl (C=O) groups is 1. The number of nitrogens with two attached hydrogens (primary N) is 1. The topological polar surface area (TPSA) is 71.2 Å². The van der Waals surface area contributed by atoms with Crippen LogP contribution in [0.2, 0.25) is 0 Å². The predicted molar refractivity (Wildman–Crippen MR) is 56.7 cm³/mol. The van der Waals surface area contributed by atoms with Crippen molar-refractivity contribution >= 4 is 11.7 Å². The molecule has 2 heterocycles. The van der Waals surface area contributed by atoms with E-state index in [1.165, 1.54) is 0 Å². The molecular formula is C10H13N4O. The normalized spacial score (nSPS) is 16.4. The van der Waals surface area contributed by atoms with Crippen molar-refractivity contribution in [1.29, 1.82) is 0 Å². The molecule has 1 aliphatic heterocycles. The predicted octanol–water partition coefficient (Wildman–Crippen LogP) is -0.610. The van der Waals surface area contributed by atoms with Gasteiger partial charge in [-0.1, -0.05) is 0 Å². The smallest absolute Gasteiger partial charge is 0.268 e. The first-order valence-corrected chi connectivity index (χ1v) is 4.91. The summed E-state index contributed by atoms with van der Waals surface area (Å²) in [7, 11) is 0. The van der Waals surface area contributed by atoms with Gasteiger partial charge in [-0.2, -0.15) is 0 Å². The second-order valence-electron chi connectivity index (χ2n) is 3.40. The number of piperazine rings is 1. The molecule has 1 amide bonds. The van der Waals surface area contributed by atoms with Crippen LogP contribution in [-0.2, 0) is 0 Å². The third-order valence-electron chi connectivity index (χ3n) is 2.35. The molecule has 1 aromatic rings. The van der Waals surface area contributed by atoms with E-state index in [9.17, 15) is 4.79 Å². The van der Waals surface area contributed by atoms with Crippen LogP contribution in [0.25, 0.3) is 0 Å². The highest BCUT2D eigenvalue weighted by atomic mass is 16.1. The number of hydrogen-bond acceptors (Lipinski definition) is 4. The average molecular weight is 205 g/mol. The van der Waals surface area contributed by atoms with Gasteiger partial charge in [0.05, 0.1) is 0 Å². The van der Waals surface area contributed by atoms with Gasteiger partial charge in [0, 0.05) is 32.2 Å². The molecule has 5 heteroatoms. The number of aromatic nitrogens is 1. The molecule has 15 heavy (non-hydrogen) atoms. The van der Waals surface area contributed by atoms with Gasteiger partial charge in [-0.05, 0) is 12.1 Å². The zero-order valence-electron chi connectivity index (χ0n) is 8.36. The van der Waals surface area contributed by atoms with Crippen molar-refractivity contribution in [3.8, 4) is 0 Å². The highest BCUT2D eigenvalue weighted by Crippen LogP contribution is 2.11. The van der Waals surface area contributed by atoms with Gasteiger partial charge in [-0.25, -0.2) is 4.98 Å². The molecule has 0 aliphatic carbocycles. The monoisotopic (exact) mass is 205 g/mol. The fourth-order valence-electron chi connectivity index (χ4n) is 1.58. The third kappa shape index (κ3) is 2.24. The Morgan fingerprint density at radius 3 is 2.93 bits per heavy atom. The Balaban J connectivity index is 2.19. The summed E-state index contributed by atoms with van der Waals surface area (Å²) in [4.78, 5) is 17.2. The van der Waals surface area contributed by atoms with Crippen LogP contribution in [0, 0.1) is 6.07 Å². The fourth-order valence-corrected chi connectivity index (χ4v) is 1.58. The van der Waals surface area contributed by atoms with Crippen LogP contribution >= 0.6 is 0 Å². The molecule has 3 N–H and O–H groups in total. The van der Waals surface area contributed by atoms with E-state index >= 15 is 0 Å². The van der Waals surface area contributed by atoms with Crippen molar-refractivity contribution in [2.24, 2.45) is 5.73 Å². The molecule has 0 spiro atoms.